The number of benzene rings is 1. The van der Waals surface area contributed by atoms with Gasteiger partial charge in [0.15, 0.2) is 0 Å². The van der Waals surface area contributed by atoms with E-state index >= 15 is 0 Å². The number of hydrogen-bond donors (Lipinski definition) is 1. The molecular weight excluding hydrogens is 321 g/mol. The molecule has 1 aliphatic heterocycles. The number of thiol groups is 1. The quantitative estimate of drug-likeness (QED) is 0.815. The Labute approximate surface area is 139 Å². The second kappa shape index (κ2) is 6.99. The third kappa shape index (κ3) is 4.22. The number of halogens is 1. The summed E-state index contributed by atoms with van der Waals surface area (Å²) in [7, 11) is 3.14. The van der Waals surface area contributed by atoms with Crippen LogP contribution in [0, 0.1) is 5.82 Å². The van der Waals surface area contributed by atoms with Crippen LogP contribution in [0.4, 0.5) is 4.39 Å². The highest BCUT2D eigenvalue weighted by atomic mass is 32.1. The summed E-state index contributed by atoms with van der Waals surface area (Å²) in [5.74, 6) is -1.49. The Morgan fingerprint density at radius 1 is 1.30 bits per heavy atom. The second-order valence-corrected chi connectivity index (χ2v) is 6.01. The van der Waals surface area contributed by atoms with E-state index in [1.54, 1.807) is 11.9 Å². The SMILES string of the molecule is CN1CCN(C(=O)CN(C)C(=O)c2cc(F)cc(S)c2)CC1=O. The molecule has 124 valence electrons. The summed E-state index contributed by atoms with van der Waals surface area (Å²) < 4.78 is 13.3. The van der Waals surface area contributed by atoms with Crippen molar-refractivity contribution in [3.63, 3.8) is 0 Å². The lowest BCUT2D eigenvalue weighted by Crippen LogP contribution is -2.53. The molecule has 0 atom stereocenters. The minimum absolute atomic E-state index is 0.0120. The first-order chi connectivity index (χ1) is 10.8. The molecule has 1 heterocycles. The fourth-order valence-electron chi connectivity index (χ4n) is 2.26. The summed E-state index contributed by atoms with van der Waals surface area (Å²) in [6.45, 7) is 0.741. The van der Waals surface area contributed by atoms with Crippen molar-refractivity contribution >= 4 is 30.4 Å². The van der Waals surface area contributed by atoms with Crippen molar-refractivity contribution in [2.75, 3.05) is 40.3 Å². The van der Waals surface area contributed by atoms with Gasteiger partial charge in [0.05, 0.1) is 13.1 Å². The normalized spacial score (nSPS) is 14.9. The van der Waals surface area contributed by atoms with Crippen LogP contribution in [0.15, 0.2) is 23.1 Å². The molecule has 8 heteroatoms. The van der Waals surface area contributed by atoms with Crippen LogP contribution < -0.4 is 0 Å². The monoisotopic (exact) mass is 339 g/mol. The average Bonchev–Trinajstić information content (AvgIpc) is 2.48. The molecule has 0 saturated carbocycles. The van der Waals surface area contributed by atoms with Gasteiger partial charge in [0, 0.05) is 37.6 Å². The van der Waals surface area contributed by atoms with Crippen molar-refractivity contribution in [1.29, 1.82) is 0 Å². The van der Waals surface area contributed by atoms with Gasteiger partial charge in [-0.1, -0.05) is 0 Å². The van der Waals surface area contributed by atoms with Crippen LogP contribution in [-0.4, -0.2) is 72.7 Å². The molecule has 3 amide bonds. The van der Waals surface area contributed by atoms with E-state index in [-0.39, 0.29) is 30.5 Å². The van der Waals surface area contributed by atoms with Gasteiger partial charge in [0.25, 0.3) is 5.91 Å². The van der Waals surface area contributed by atoms with E-state index in [1.165, 1.54) is 29.0 Å². The van der Waals surface area contributed by atoms with E-state index in [1.807, 2.05) is 0 Å². The molecule has 1 fully saturated rings. The lowest BCUT2D eigenvalue weighted by Gasteiger charge is -2.33. The molecule has 0 bridgehead atoms. The first-order valence-corrected chi connectivity index (χ1v) is 7.49. The maximum absolute atomic E-state index is 13.3. The van der Waals surface area contributed by atoms with Crippen LogP contribution in [0.25, 0.3) is 0 Å². The highest BCUT2D eigenvalue weighted by Gasteiger charge is 2.26. The predicted octanol–water partition coefficient (Wildman–Crippen LogP) is 0.487. The zero-order chi connectivity index (χ0) is 17.1. The van der Waals surface area contributed by atoms with Crippen LogP contribution >= 0.6 is 12.6 Å². The van der Waals surface area contributed by atoms with Gasteiger partial charge in [0.1, 0.15) is 5.82 Å². The van der Waals surface area contributed by atoms with Crippen molar-refractivity contribution in [1.82, 2.24) is 14.7 Å². The first kappa shape index (κ1) is 17.3. The number of piperazine rings is 1. The van der Waals surface area contributed by atoms with E-state index in [0.717, 1.165) is 6.07 Å². The Morgan fingerprint density at radius 3 is 2.61 bits per heavy atom. The standard InChI is InChI=1S/C15H18FN3O3S/c1-17-3-4-19(9-13(17)20)14(21)8-18(2)15(22)10-5-11(16)7-12(23)6-10/h5-7,23H,3-4,8-9H2,1-2H3. The highest BCUT2D eigenvalue weighted by Crippen LogP contribution is 2.14. The maximum Gasteiger partial charge on any atom is 0.254 e. The topological polar surface area (TPSA) is 60.9 Å². The van der Waals surface area contributed by atoms with Crippen molar-refractivity contribution in [2.45, 2.75) is 4.90 Å². The number of carbonyl (C=O) groups excluding carboxylic acids is 3. The Balaban J connectivity index is 2.00. The van der Waals surface area contributed by atoms with Gasteiger partial charge in [0.2, 0.25) is 11.8 Å². The van der Waals surface area contributed by atoms with E-state index in [0.29, 0.717) is 18.0 Å². The Kier molecular flexibility index (Phi) is 5.25. The summed E-state index contributed by atoms with van der Waals surface area (Å²) in [4.78, 5) is 40.6. The molecule has 1 aromatic rings. The Hall–Kier alpha value is -2.09. The van der Waals surface area contributed by atoms with Gasteiger partial charge in [-0.25, -0.2) is 4.39 Å². The molecule has 23 heavy (non-hydrogen) atoms. The van der Waals surface area contributed by atoms with E-state index in [4.69, 9.17) is 0 Å². The summed E-state index contributed by atoms with van der Waals surface area (Å²) in [5.41, 5.74) is 0.125. The van der Waals surface area contributed by atoms with Gasteiger partial charge in [-0.05, 0) is 18.2 Å². The van der Waals surface area contributed by atoms with Crippen molar-refractivity contribution in [2.24, 2.45) is 0 Å². The molecule has 1 saturated heterocycles. The molecule has 1 aliphatic rings. The third-order valence-corrected chi connectivity index (χ3v) is 3.92. The number of nitrogens with zero attached hydrogens (tertiary/aromatic N) is 3. The van der Waals surface area contributed by atoms with E-state index in [9.17, 15) is 18.8 Å². The molecule has 1 aromatic carbocycles. The molecule has 0 radical (unpaired) electrons. The lowest BCUT2D eigenvalue weighted by atomic mass is 10.2. The first-order valence-electron chi connectivity index (χ1n) is 7.04. The summed E-state index contributed by atoms with van der Waals surface area (Å²) >= 11 is 4.03. The van der Waals surface area contributed by atoms with Crippen LogP contribution in [0.5, 0.6) is 0 Å². The summed E-state index contributed by atoms with van der Waals surface area (Å²) in [5, 5.41) is 0. The summed E-state index contributed by atoms with van der Waals surface area (Å²) in [6.07, 6.45) is 0. The average molecular weight is 339 g/mol. The second-order valence-electron chi connectivity index (χ2n) is 5.49. The van der Waals surface area contributed by atoms with E-state index in [2.05, 4.69) is 12.6 Å². The largest absolute Gasteiger partial charge is 0.342 e. The number of hydrogen-bond acceptors (Lipinski definition) is 4. The molecule has 0 aromatic heterocycles. The van der Waals surface area contributed by atoms with Crippen LogP contribution in [0.1, 0.15) is 10.4 Å². The fraction of sp³-hybridized carbons (Fsp3) is 0.400. The van der Waals surface area contributed by atoms with Crippen molar-refractivity contribution < 1.29 is 18.8 Å². The Bertz CT molecular complexity index is 633. The zero-order valence-corrected chi connectivity index (χ0v) is 13.8. The van der Waals surface area contributed by atoms with Crippen LogP contribution in [0.2, 0.25) is 0 Å². The Morgan fingerprint density at radius 2 is 2.00 bits per heavy atom. The van der Waals surface area contributed by atoms with Crippen molar-refractivity contribution in [3.05, 3.63) is 29.6 Å². The molecule has 0 N–H and O–H groups in total. The minimum Gasteiger partial charge on any atom is -0.342 e. The minimum atomic E-state index is -0.565. The smallest absolute Gasteiger partial charge is 0.254 e. The van der Waals surface area contributed by atoms with Gasteiger partial charge in [-0.2, -0.15) is 0 Å². The summed E-state index contributed by atoms with van der Waals surface area (Å²) in [6, 6.07) is 3.73. The number of carbonyl (C=O) groups is 3. The van der Waals surface area contributed by atoms with Crippen LogP contribution in [0.3, 0.4) is 0 Å². The third-order valence-electron chi connectivity index (χ3n) is 3.66. The number of likely N-dealkylation sites (N-methyl/N-ethyl adjacent to an activating group) is 2. The van der Waals surface area contributed by atoms with Gasteiger partial charge < -0.3 is 14.7 Å². The fourth-order valence-corrected chi connectivity index (χ4v) is 2.53. The van der Waals surface area contributed by atoms with Gasteiger partial charge in [-0.3, -0.25) is 14.4 Å². The molecule has 0 aliphatic carbocycles. The highest BCUT2D eigenvalue weighted by molar-refractivity contribution is 7.80. The maximum atomic E-state index is 13.3. The molecule has 0 unspecified atom stereocenters. The van der Waals surface area contributed by atoms with Gasteiger partial charge in [-0.15, -0.1) is 12.6 Å². The van der Waals surface area contributed by atoms with Crippen molar-refractivity contribution in [3.8, 4) is 0 Å². The lowest BCUT2D eigenvalue weighted by molar-refractivity contribution is -0.144. The molecular formula is C15H18FN3O3S. The van der Waals surface area contributed by atoms with Crippen LogP contribution in [-0.2, 0) is 9.59 Å². The number of rotatable bonds is 3. The number of amides is 3. The molecule has 6 nitrogen and oxygen atoms in total. The van der Waals surface area contributed by atoms with E-state index < -0.39 is 11.7 Å². The molecule has 2 rings (SSSR count). The zero-order valence-electron chi connectivity index (χ0n) is 13.0. The van der Waals surface area contributed by atoms with Gasteiger partial charge >= 0.3 is 0 Å². The molecule has 0 spiro atoms. The predicted molar refractivity (Wildman–Crippen MR) is 84.8 cm³/mol.